The molecule has 0 heterocycles. The second-order valence-electron chi connectivity index (χ2n) is 6.87. The minimum Gasteiger partial charge on any atom is -0.326 e. The second-order valence-corrected chi connectivity index (χ2v) is 6.87. The first kappa shape index (κ1) is 17.2. The van der Waals surface area contributed by atoms with Gasteiger partial charge in [0.25, 0.3) is 0 Å². The molecule has 1 aliphatic rings. The van der Waals surface area contributed by atoms with Crippen LogP contribution in [0.25, 0.3) is 0 Å². The average molecular weight is 336 g/mol. The molecule has 2 N–H and O–H groups in total. The van der Waals surface area contributed by atoms with Crippen LogP contribution >= 0.6 is 0 Å². The molecule has 0 saturated heterocycles. The van der Waals surface area contributed by atoms with Gasteiger partial charge in [-0.15, -0.1) is 0 Å². The lowest BCUT2D eigenvalue weighted by atomic mass is 9.77. The number of amides is 2. The molecule has 0 bridgehead atoms. The molecular weight excluding hydrogens is 312 g/mol. The third kappa shape index (κ3) is 3.73. The van der Waals surface area contributed by atoms with Crippen molar-refractivity contribution in [2.45, 2.75) is 44.9 Å². The minimum atomic E-state index is -0.440. The zero-order valence-corrected chi connectivity index (χ0v) is 14.8. The lowest BCUT2D eigenvalue weighted by Crippen LogP contribution is -2.38. The Bertz CT molecular complexity index is 757. The molecule has 1 saturated carbocycles. The summed E-state index contributed by atoms with van der Waals surface area (Å²) in [6.07, 6.45) is 3.91. The highest BCUT2D eigenvalue weighted by atomic mass is 16.2. The van der Waals surface area contributed by atoms with Gasteiger partial charge < -0.3 is 10.6 Å². The van der Waals surface area contributed by atoms with Crippen LogP contribution in [-0.4, -0.2) is 11.8 Å². The van der Waals surface area contributed by atoms with E-state index in [2.05, 4.69) is 41.8 Å². The van der Waals surface area contributed by atoms with E-state index in [1.165, 1.54) is 12.5 Å². The summed E-state index contributed by atoms with van der Waals surface area (Å²) in [7, 11) is 0. The van der Waals surface area contributed by atoms with Crippen molar-refractivity contribution in [3.63, 3.8) is 0 Å². The highest BCUT2D eigenvalue weighted by Gasteiger charge is 2.42. The van der Waals surface area contributed by atoms with Gasteiger partial charge in [-0.2, -0.15) is 0 Å². The zero-order chi connectivity index (χ0) is 17.9. The van der Waals surface area contributed by atoms with E-state index in [1.807, 2.05) is 12.1 Å². The first-order chi connectivity index (χ1) is 12.0. The van der Waals surface area contributed by atoms with Crippen molar-refractivity contribution in [2.24, 2.45) is 0 Å². The molecule has 0 spiro atoms. The molecule has 130 valence electrons. The van der Waals surface area contributed by atoms with E-state index in [1.54, 1.807) is 12.1 Å². The zero-order valence-electron chi connectivity index (χ0n) is 14.8. The van der Waals surface area contributed by atoms with Gasteiger partial charge in [-0.3, -0.25) is 9.59 Å². The van der Waals surface area contributed by atoms with Gasteiger partial charge in [0.15, 0.2) is 0 Å². The summed E-state index contributed by atoms with van der Waals surface area (Å²) in [6.45, 7) is 3.53. The van der Waals surface area contributed by atoms with Crippen LogP contribution in [0.4, 0.5) is 11.4 Å². The van der Waals surface area contributed by atoms with E-state index in [0.717, 1.165) is 42.6 Å². The lowest BCUT2D eigenvalue weighted by molar-refractivity contribution is -0.121. The Balaban J connectivity index is 1.79. The van der Waals surface area contributed by atoms with E-state index in [4.69, 9.17) is 0 Å². The van der Waals surface area contributed by atoms with Crippen molar-refractivity contribution < 1.29 is 9.59 Å². The maximum absolute atomic E-state index is 13.1. The third-order valence-electron chi connectivity index (χ3n) is 4.96. The summed E-state index contributed by atoms with van der Waals surface area (Å²) in [4.78, 5) is 24.2. The number of aryl methyl sites for hydroxylation is 1. The average Bonchev–Trinajstić information content (AvgIpc) is 3.08. The van der Waals surface area contributed by atoms with Crippen LogP contribution < -0.4 is 10.6 Å². The standard InChI is InChI=1S/C21H24N2O2/c1-15-5-7-17(8-6-15)21(13-3-4-14-21)20(25)23-19-11-9-18(10-12-19)22-16(2)24/h5-12H,3-4,13-14H2,1-2H3,(H,22,24)(H,23,25). The Morgan fingerprint density at radius 3 is 1.88 bits per heavy atom. The number of carbonyl (C=O) groups is 2. The third-order valence-corrected chi connectivity index (χ3v) is 4.96. The summed E-state index contributed by atoms with van der Waals surface area (Å²) in [6, 6.07) is 15.5. The summed E-state index contributed by atoms with van der Waals surface area (Å²) in [5, 5.41) is 5.79. The van der Waals surface area contributed by atoms with Crippen molar-refractivity contribution in [2.75, 3.05) is 10.6 Å². The number of carbonyl (C=O) groups excluding carboxylic acids is 2. The van der Waals surface area contributed by atoms with E-state index >= 15 is 0 Å². The predicted molar refractivity (Wildman–Crippen MR) is 101 cm³/mol. The van der Waals surface area contributed by atoms with E-state index in [9.17, 15) is 9.59 Å². The molecule has 1 fully saturated rings. The van der Waals surface area contributed by atoms with Gasteiger partial charge in [0, 0.05) is 18.3 Å². The molecule has 0 aliphatic heterocycles. The Labute approximate surface area is 148 Å². The molecule has 25 heavy (non-hydrogen) atoms. The van der Waals surface area contributed by atoms with Crippen LogP contribution in [0, 0.1) is 6.92 Å². The molecule has 1 aliphatic carbocycles. The van der Waals surface area contributed by atoms with Crippen molar-refractivity contribution in [1.29, 1.82) is 0 Å². The molecule has 0 atom stereocenters. The topological polar surface area (TPSA) is 58.2 Å². The van der Waals surface area contributed by atoms with Gasteiger partial charge in [0.05, 0.1) is 5.41 Å². The number of benzene rings is 2. The van der Waals surface area contributed by atoms with Crippen LogP contribution in [0.5, 0.6) is 0 Å². The van der Waals surface area contributed by atoms with Crippen LogP contribution in [0.3, 0.4) is 0 Å². The van der Waals surface area contributed by atoms with Crippen LogP contribution in [0.1, 0.15) is 43.7 Å². The van der Waals surface area contributed by atoms with Gasteiger partial charge in [0.2, 0.25) is 11.8 Å². The molecule has 0 radical (unpaired) electrons. The lowest BCUT2D eigenvalue weighted by Gasteiger charge is -2.28. The normalized spacial score (nSPS) is 15.6. The van der Waals surface area contributed by atoms with Crippen molar-refractivity contribution in [1.82, 2.24) is 0 Å². The fourth-order valence-corrected chi connectivity index (χ4v) is 3.59. The number of hydrogen-bond acceptors (Lipinski definition) is 2. The summed E-state index contributed by atoms with van der Waals surface area (Å²) < 4.78 is 0. The first-order valence-corrected chi connectivity index (χ1v) is 8.76. The van der Waals surface area contributed by atoms with Gasteiger partial charge in [0.1, 0.15) is 0 Å². The van der Waals surface area contributed by atoms with Gasteiger partial charge >= 0.3 is 0 Å². The Morgan fingerprint density at radius 2 is 1.36 bits per heavy atom. The monoisotopic (exact) mass is 336 g/mol. The molecule has 4 heteroatoms. The maximum atomic E-state index is 13.1. The largest absolute Gasteiger partial charge is 0.326 e. The molecular formula is C21H24N2O2. The minimum absolute atomic E-state index is 0.0566. The fourth-order valence-electron chi connectivity index (χ4n) is 3.59. The summed E-state index contributed by atoms with van der Waals surface area (Å²) in [5.41, 5.74) is 3.33. The van der Waals surface area contributed by atoms with Crippen molar-refractivity contribution in [3.05, 3.63) is 59.7 Å². The van der Waals surface area contributed by atoms with Crippen LogP contribution in [0.2, 0.25) is 0 Å². The second kappa shape index (κ2) is 7.09. The van der Waals surface area contributed by atoms with Crippen LogP contribution in [-0.2, 0) is 15.0 Å². The number of rotatable bonds is 4. The number of anilines is 2. The SMILES string of the molecule is CC(=O)Nc1ccc(NC(=O)C2(c3ccc(C)cc3)CCCC2)cc1. The molecule has 3 rings (SSSR count). The molecule has 0 aromatic heterocycles. The molecule has 4 nitrogen and oxygen atoms in total. The highest BCUT2D eigenvalue weighted by molar-refractivity contribution is 5.99. The van der Waals surface area contributed by atoms with Crippen molar-refractivity contribution >= 4 is 23.2 Å². The molecule has 2 aromatic carbocycles. The highest BCUT2D eigenvalue weighted by Crippen LogP contribution is 2.42. The van der Waals surface area contributed by atoms with E-state index < -0.39 is 5.41 Å². The van der Waals surface area contributed by atoms with E-state index in [0.29, 0.717) is 0 Å². The summed E-state index contributed by atoms with van der Waals surface area (Å²) in [5.74, 6) is -0.0535. The quantitative estimate of drug-likeness (QED) is 0.869. The number of hydrogen-bond donors (Lipinski definition) is 2. The van der Waals surface area contributed by atoms with Crippen LogP contribution in [0.15, 0.2) is 48.5 Å². The van der Waals surface area contributed by atoms with Gasteiger partial charge in [-0.25, -0.2) is 0 Å². The summed E-state index contributed by atoms with van der Waals surface area (Å²) >= 11 is 0. The van der Waals surface area contributed by atoms with Crippen molar-refractivity contribution in [3.8, 4) is 0 Å². The predicted octanol–water partition coefficient (Wildman–Crippen LogP) is 4.40. The Morgan fingerprint density at radius 1 is 0.840 bits per heavy atom. The first-order valence-electron chi connectivity index (χ1n) is 8.76. The fraction of sp³-hybridized carbons (Fsp3) is 0.333. The number of nitrogens with one attached hydrogen (secondary N) is 2. The smallest absolute Gasteiger partial charge is 0.235 e. The van der Waals surface area contributed by atoms with Gasteiger partial charge in [-0.1, -0.05) is 42.7 Å². The Kier molecular flexibility index (Phi) is 4.88. The molecule has 0 unspecified atom stereocenters. The van der Waals surface area contributed by atoms with Gasteiger partial charge in [-0.05, 0) is 49.6 Å². The molecule has 2 amide bonds. The molecule has 2 aromatic rings. The maximum Gasteiger partial charge on any atom is 0.235 e. The van der Waals surface area contributed by atoms with E-state index in [-0.39, 0.29) is 11.8 Å². The Hall–Kier alpha value is -2.62.